The summed E-state index contributed by atoms with van der Waals surface area (Å²) in [6.45, 7) is 2.92. The van der Waals surface area contributed by atoms with E-state index in [2.05, 4.69) is 15.6 Å². The fourth-order valence-electron chi connectivity index (χ4n) is 6.18. The van der Waals surface area contributed by atoms with E-state index in [9.17, 15) is 14.4 Å². The first-order valence-corrected chi connectivity index (χ1v) is 16.2. The third-order valence-electron chi connectivity index (χ3n) is 8.77. The van der Waals surface area contributed by atoms with Crippen molar-refractivity contribution in [1.29, 1.82) is 0 Å². The molecular weight excluding hydrogens is 612 g/mol. The van der Waals surface area contributed by atoms with E-state index in [1.54, 1.807) is 26.0 Å². The van der Waals surface area contributed by atoms with Crippen LogP contribution in [0.5, 0.6) is 17.2 Å². The Bertz CT molecular complexity index is 1800. The van der Waals surface area contributed by atoms with E-state index in [-0.39, 0.29) is 62.7 Å². The Labute approximate surface area is 279 Å². The Morgan fingerprint density at radius 3 is 2.58 bits per heavy atom. The van der Waals surface area contributed by atoms with E-state index in [0.717, 1.165) is 27.8 Å². The molecule has 6 rings (SSSR count). The molecular formula is C37H40N4O7. The molecule has 11 nitrogen and oxygen atoms in total. The second kappa shape index (κ2) is 14.6. The van der Waals surface area contributed by atoms with Gasteiger partial charge >= 0.3 is 0 Å². The number of rotatable bonds is 5. The maximum atomic E-state index is 13.6. The number of fused-ring (bicyclic) bond motifs is 4. The highest BCUT2D eigenvalue weighted by Gasteiger charge is 2.26. The van der Waals surface area contributed by atoms with Crippen molar-refractivity contribution < 1.29 is 33.0 Å². The summed E-state index contributed by atoms with van der Waals surface area (Å²) in [5.41, 5.74) is 4.82. The molecule has 3 aromatic carbocycles. The number of aryl methyl sites for hydroxylation is 2. The minimum absolute atomic E-state index is 0.00941. The quantitative estimate of drug-likeness (QED) is 0.315. The maximum absolute atomic E-state index is 13.6. The molecule has 1 unspecified atom stereocenters. The maximum Gasteiger partial charge on any atom is 0.228 e. The zero-order valence-electron chi connectivity index (χ0n) is 27.5. The second-order valence-electron chi connectivity index (χ2n) is 11.9. The van der Waals surface area contributed by atoms with Crippen LogP contribution in [0.3, 0.4) is 0 Å². The molecule has 1 atom stereocenters. The summed E-state index contributed by atoms with van der Waals surface area (Å²) in [7, 11) is 3.18. The highest BCUT2D eigenvalue weighted by atomic mass is 16.5. The first-order valence-electron chi connectivity index (χ1n) is 16.2. The number of nitrogens with zero attached hydrogens (tertiary/aromatic N) is 2. The Hall–Kier alpha value is -5.32. The fraction of sp³-hybridized carbons (Fsp3) is 0.351. The van der Waals surface area contributed by atoms with Crippen molar-refractivity contribution in [1.82, 2.24) is 20.5 Å². The molecule has 250 valence electrons. The number of benzene rings is 3. The lowest BCUT2D eigenvalue weighted by Crippen LogP contribution is -2.42. The van der Waals surface area contributed by atoms with Gasteiger partial charge in [-0.15, -0.1) is 0 Å². The lowest BCUT2D eigenvalue weighted by molar-refractivity contribution is -0.132. The summed E-state index contributed by atoms with van der Waals surface area (Å²) < 4.78 is 23.3. The molecule has 2 aliphatic heterocycles. The van der Waals surface area contributed by atoms with Crippen molar-refractivity contribution in [3.05, 3.63) is 83.2 Å². The van der Waals surface area contributed by atoms with Crippen molar-refractivity contribution in [3.63, 3.8) is 0 Å². The molecule has 3 amide bonds. The number of methoxy groups -OCH3 is 2. The Kier molecular flexibility index (Phi) is 9.94. The number of nitrogens with one attached hydrogen (secondary N) is 2. The Morgan fingerprint density at radius 1 is 0.958 bits per heavy atom. The largest absolute Gasteiger partial charge is 0.493 e. The molecule has 3 heterocycles. The molecule has 2 N–H and O–H groups in total. The molecule has 0 saturated carbocycles. The third-order valence-corrected chi connectivity index (χ3v) is 8.77. The number of hydrogen-bond donors (Lipinski definition) is 2. The van der Waals surface area contributed by atoms with E-state index >= 15 is 0 Å². The second-order valence-corrected chi connectivity index (χ2v) is 11.9. The number of carbonyl (C=O) groups excluding carboxylic acids is 3. The predicted octanol–water partition coefficient (Wildman–Crippen LogP) is 4.80. The summed E-state index contributed by atoms with van der Waals surface area (Å²) >= 11 is 0. The average molecular weight is 653 g/mol. The smallest absolute Gasteiger partial charge is 0.228 e. The molecule has 0 spiro atoms. The number of aromatic nitrogens is 1. The molecule has 4 aromatic rings. The molecule has 11 heteroatoms. The van der Waals surface area contributed by atoms with E-state index in [1.165, 1.54) is 0 Å². The summed E-state index contributed by atoms with van der Waals surface area (Å²) in [6, 6.07) is 19.0. The summed E-state index contributed by atoms with van der Waals surface area (Å²) in [5, 5.41) is 6.11. The monoisotopic (exact) mass is 652 g/mol. The third kappa shape index (κ3) is 7.30. The fourth-order valence-corrected chi connectivity index (χ4v) is 6.18. The molecule has 2 aliphatic rings. The standard InChI is InChI=1S/C37H40N4O7/c1-23-30(40-37(48-23)25-7-5-4-6-8-25)22-35(44)41-16-13-34(43)39-29-14-18-47-31-11-10-26(21-28(29)31)27-19-24(9-12-33(42)38-15-17-41)20-32(45-2)36(27)46-3/h4-8,10-11,19-21,29H,9,12-18,22H2,1-3H3,(H,38,42)(H,39,43). The van der Waals surface area contributed by atoms with Crippen LogP contribution in [0, 0.1) is 6.92 Å². The van der Waals surface area contributed by atoms with Crippen LogP contribution in [0.1, 0.15) is 47.9 Å². The van der Waals surface area contributed by atoms with Gasteiger partial charge in [-0.05, 0) is 60.9 Å². The van der Waals surface area contributed by atoms with Crippen LogP contribution >= 0.6 is 0 Å². The van der Waals surface area contributed by atoms with Gasteiger partial charge in [0.25, 0.3) is 0 Å². The van der Waals surface area contributed by atoms with Gasteiger partial charge in [-0.2, -0.15) is 0 Å². The number of carbonyl (C=O) groups is 3. The van der Waals surface area contributed by atoms with Gasteiger partial charge in [0.05, 0.1) is 39.0 Å². The zero-order chi connectivity index (χ0) is 33.6. The van der Waals surface area contributed by atoms with Crippen LogP contribution in [-0.4, -0.2) is 68.1 Å². The average Bonchev–Trinajstić information content (AvgIpc) is 3.47. The first-order chi connectivity index (χ1) is 23.3. The number of oxazole rings is 1. The Morgan fingerprint density at radius 2 is 1.79 bits per heavy atom. The van der Waals surface area contributed by atoms with Gasteiger partial charge in [-0.3, -0.25) is 14.4 Å². The first kappa shape index (κ1) is 32.6. The predicted molar refractivity (Wildman–Crippen MR) is 179 cm³/mol. The number of ether oxygens (including phenoxy) is 3. The van der Waals surface area contributed by atoms with Crippen LogP contribution in [0.15, 0.2) is 65.1 Å². The van der Waals surface area contributed by atoms with Crippen LogP contribution in [-0.2, 0) is 27.2 Å². The van der Waals surface area contributed by atoms with Gasteiger partial charge in [-0.1, -0.05) is 24.3 Å². The van der Waals surface area contributed by atoms with Gasteiger partial charge in [0.2, 0.25) is 23.6 Å². The highest BCUT2D eigenvalue weighted by Crippen LogP contribution is 2.42. The molecule has 0 radical (unpaired) electrons. The molecule has 0 fully saturated rings. The number of amides is 3. The lowest BCUT2D eigenvalue weighted by Gasteiger charge is -2.28. The topological polar surface area (TPSA) is 132 Å². The summed E-state index contributed by atoms with van der Waals surface area (Å²) in [4.78, 5) is 46.1. The van der Waals surface area contributed by atoms with Gasteiger partial charge < -0.3 is 34.2 Å². The van der Waals surface area contributed by atoms with Gasteiger partial charge in [0.1, 0.15) is 11.5 Å². The van der Waals surface area contributed by atoms with Crippen LogP contribution in [0.25, 0.3) is 22.6 Å². The summed E-state index contributed by atoms with van der Waals surface area (Å²) in [5.74, 6) is 2.32. The van der Waals surface area contributed by atoms with Crippen LogP contribution < -0.4 is 24.8 Å². The number of hydrogen-bond acceptors (Lipinski definition) is 8. The van der Waals surface area contributed by atoms with Crippen molar-refractivity contribution >= 4 is 17.7 Å². The lowest BCUT2D eigenvalue weighted by atomic mass is 9.93. The molecule has 0 aliphatic carbocycles. The molecule has 4 bridgehead atoms. The molecule has 48 heavy (non-hydrogen) atoms. The molecule has 0 saturated heterocycles. The highest BCUT2D eigenvalue weighted by molar-refractivity contribution is 5.82. The van der Waals surface area contributed by atoms with Crippen molar-refractivity contribution in [2.45, 2.75) is 45.1 Å². The van der Waals surface area contributed by atoms with E-state index in [0.29, 0.717) is 54.0 Å². The normalized spacial score (nSPS) is 16.9. The van der Waals surface area contributed by atoms with Crippen LogP contribution in [0.2, 0.25) is 0 Å². The minimum Gasteiger partial charge on any atom is -0.493 e. The van der Waals surface area contributed by atoms with Crippen molar-refractivity contribution in [3.8, 4) is 39.8 Å². The summed E-state index contributed by atoms with van der Waals surface area (Å²) in [6.07, 6.45) is 1.42. The molecule has 1 aromatic heterocycles. The van der Waals surface area contributed by atoms with E-state index in [4.69, 9.17) is 18.6 Å². The SMILES string of the molecule is COc1cc2cc(c1OC)-c1ccc3c(c1)C(CCO3)NC(=O)CCN(C(=O)Cc1nc(-c3ccccc3)oc1C)CCNC(=O)CC2. The van der Waals surface area contributed by atoms with Gasteiger partial charge in [0.15, 0.2) is 11.5 Å². The Balaban J connectivity index is 1.26. The van der Waals surface area contributed by atoms with Crippen molar-refractivity contribution in [2.24, 2.45) is 0 Å². The van der Waals surface area contributed by atoms with Gasteiger partial charge in [-0.25, -0.2) is 4.98 Å². The van der Waals surface area contributed by atoms with E-state index < -0.39 is 0 Å². The van der Waals surface area contributed by atoms with E-state index in [1.807, 2.05) is 60.7 Å². The minimum atomic E-state index is -0.270. The van der Waals surface area contributed by atoms with Crippen LogP contribution in [0.4, 0.5) is 0 Å². The van der Waals surface area contributed by atoms with Crippen molar-refractivity contribution in [2.75, 3.05) is 40.5 Å². The zero-order valence-corrected chi connectivity index (χ0v) is 27.5. The van der Waals surface area contributed by atoms with Gasteiger partial charge in [0, 0.05) is 55.6 Å².